The molecule has 0 saturated heterocycles. The van der Waals surface area contributed by atoms with Gasteiger partial charge in [-0.15, -0.1) is 0 Å². The summed E-state index contributed by atoms with van der Waals surface area (Å²) in [6.45, 7) is 1.75. The second-order valence-corrected chi connectivity index (χ2v) is 4.90. The van der Waals surface area contributed by atoms with Crippen molar-refractivity contribution in [3.8, 4) is 0 Å². The zero-order valence-corrected chi connectivity index (χ0v) is 10.5. The second-order valence-electron chi connectivity index (χ2n) is 4.90. The van der Waals surface area contributed by atoms with E-state index >= 15 is 0 Å². The number of benzene rings is 1. The first-order chi connectivity index (χ1) is 8.09. The van der Waals surface area contributed by atoms with Gasteiger partial charge in [0.25, 0.3) is 0 Å². The highest BCUT2D eigenvalue weighted by atomic mass is 16.2. The van der Waals surface area contributed by atoms with E-state index < -0.39 is 6.04 Å². The smallest absolute Gasteiger partial charge is 0.239 e. The molecule has 1 aliphatic carbocycles. The summed E-state index contributed by atoms with van der Waals surface area (Å²) >= 11 is 0. The number of nitrogens with two attached hydrogens (primary N) is 1. The largest absolute Gasteiger partial charge is 0.341 e. The molecular weight excluding hydrogens is 212 g/mol. The van der Waals surface area contributed by atoms with Crippen LogP contribution in [0.25, 0.3) is 0 Å². The summed E-state index contributed by atoms with van der Waals surface area (Å²) in [5, 5.41) is 0. The van der Waals surface area contributed by atoms with E-state index in [0.717, 1.165) is 19.3 Å². The molecule has 1 aromatic rings. The summed E-state index contributed by atoms with van der Waals surface area (Å²) in [5.74, 6) is 0.0365. The van der Waals surface area contributed by atoms with Gasteiger partial charge < -0.3 is 10.6 Å². The molecule has 1 aromatic carbocycles. The summed E-state index contributed by atoms with van der Waals surface area (Å²) in [5.41, 5.74) is 8.44. The van der Waals surface area contributed by atoms with Gasteiger partial charge >= 0.3 is 0 Å². The molecule has 3 nitrogen and oxygen atoms in total. The monoisotopic (exact) mass is 232 g/mol. The highest BCUT2D eigenvalue weighted by molar-refractivity contribution is 5.81. The van der Waals surface area contributed by atoms with Crippen LogP contribution in [0.3, 0.4) is 0 Å². The van der Waals surface area contributed by atoms with Gasteiger partial charge in [0.05, 0.1) is 6.04 Å². The quantitative estimate of drug-likeness (QED) is 0.836. The summed E-state index contributed by atoms with van der Waals surface area (Å²) < 4.78 is 0. The zero-order valence-electron chi connectivity index (χ0n) is 10.5. The molecule has 2 rings (SSSR count). The van der Waals surface area contributed by atoms with E-state index in [-0.39, 0.29) is 5.91 Å². The first kappa shape index (κ1) is 12.1. The Labute approximate surface area is 103 Å². The number of nitrogens with zero attached hydrogens (tertiary/aromatic N) is 1. The molecule has 1 unspecified atom stereocenters. The predicted molar refractivity (Wildman–Crippen MR) is 68.7 cm³/mol. The molecule has 1 aliphatic rings. The van der Waals surface area contributed by atoms with E-state index in [2.05, 4.69) is 24.3 Å². The number of carbonyl (C=O) groups excluding carboxylic acids is 1. The highest BCUT2D eigenvalue weighted by Crippen LogP contribution is 2.23. The van der Waals surface area contributed by atoms with Crippen molar-refractivity contribution in [3.05, 3.63) is 35.4 Å². The van der Waals surface area contributed by atoms with Crippen LogP contribution in [-0.4, -0.2) is 29.9 Å². The maximum absolute atomic E-state index is 11.9. The maximum Gasteiger partial charge on any atom is 0.239 e. The number of rotatable bonds is 2. The third-order valence-corrected chi connectivity index (χ3v) is 3.61. The van der Waals surface area contributed by atoms with Crippen LogP contribution in [0.5, 0.6) is 0 Å². The van der Waals surface area contributed by atoms with Crippen molar-refractivity contribution >= 4 is 5.91 Å². The summed E-state index contributed by atoms with van der Waals surface area (Å²) in [6, 6.07) is 8.37. The van der Waals surface area contributed by atoms with Gasteiger partial charge in [0.2, 0.25) is 5.91 Å². The average Bonchev–Trinajstić information content (AvgIpc) is 2.36. The Balaban J connectivity index is 2.10. The Kier molecular flexibility index (Phi) is 3.48. The first-order valence-electron chi connectivity index (χ1n) is 6.18. The summed E-state index contributed by atoms with van der Waals surface area (Å²) in [4.78, 5) is 13.7. The molecule has 2 N–H and O–H groups in total. The molecule has 2 atom stereocenters. The molecular formula is C14H20N2O. The van der Waals surface area contributed by atoms with Gasteiger partial charge in [-0.3, -0.25) is 4.79 Å². The number of fused-ring (bicyclic) bond motifs is 1. The van der Waals surface area contributed by atoms with Crippen LogP contribution in [0.1, 0.15) is 24.5 Å². The van der Waals surface area contributed by atoms with Crippen molar-refractivity contribution in [1.82, 2.24) is 4.90 Å². The second kappa shape index (κ2) is 4.88. The highest BCUT2D eigenvalue weighted by Gasteiger charge is 2.25. The number of amides is 1. The van der Waals surface area contributed by atoms with Gasteiger partial charge in [-0.2, -0.15) is 0 Å². The summed E-state index contributed by atoms with van der Waals surface area (Å²) in [7, 11) is 1.87. The van der Waals surface area contributed by atoms with Crippen LogP contribution in [0.2, 0.25) is 0 Å². The summed E-state index contributed by atoms with van der Waals surface area (Å²) in [6.07, 6.45) is 3.04. The normalized spacial score (nSPS) is 20.5. The molecule has 0 aliphatic heterocycles. The Morgan fingerprint density at radius 2 is 2.06 bits per heavy atom. The Hall–Kier alpha value is -1.35. The van der Waals surface area contributed by atoms with E-state index in [1.807, 2.05) is 11.9 Å². The number of carbonyl (C=O) groups is 1. The van der Waals surface area contributed by atoms with Crippen LogP contribution >= 0.6 is 0 Å². The lowest BCUT2D eigenvalue weighted by Crippen LogP contribution is -2.47. The number of hydrogen-bond donors (Lipinski definition) is 1. The Morgan fingerprint density at radius 3 is 2.71 bits per heavy atom. The minimum atomic E-state index is -0.405. The van der Waals surface area contributed by atoms with Crippen molar-refractivity contribution < 1.29 is 4.79 Å². The third kappa shape index (κ3) is 2.50. The van der Waals surface area contributed by atoms with Gasteiger partial charge in [-0.25, -0.2) is 0 Å². The molecule has 1 amide bonds. The van der Waals surface area contributed by atoms with Gasteiger partial charge in [0, 0.05) is 13.1 Å². The van der Waals surface area contributed by atoms with E-state index in [4.69, 9.17) is 5.73 Å². The minimum Gasteiger partial charge on any atom is -0.341 e. The maximum atomic E-state index is 11.9. The van der Waals surface area contributed by atoms with Crippen LogP contribution < -0.4 is 5.73 Å². The van der Waals surface area contributed by atoms with Crippen molar-refractivity contribution in [1.29, 1.82) is 0 Å². The van der Waals surface area contributed by atoms with Gasteiger partial charge in [0.1, 0.15) is 0 Å². The molecule has 17 heavy (non-hydrogen) atoms. The third-order valence-electron chi connectivity index (χ3n) is 3.61. The first-order valence-corrected chi connectivity index (χ1v) is 6.18. The van der Waals surface area contributed by atoms with Crippen LogP contribution in [0.15, 0.2) is 24.3 Å². The fraction of sp³-hybridized carbons (Fsp3) is 0.500. The molecule has 92 valence electrons. The lowest BCUT2D eigenvalue weighted by molar-refractivity contribution is -0.133. The molecule has 0 aromatic heterocycles. The van der Waals surface area contributed by atoms with Crippen molar-refractivity contribution in [2.45, 2.75) is 38.3 Å². The average molecular weight is 232 g/mol. The van der Waals surface area contributed by atoms with Gasteiger partial charge in [-0.05, 0) is 37.3 Å². The van der Waals surface area contributed by atoms with E-state index in [0.29, 0.717) is 6.04 Å². The molecule has 3 heteroatoms. The van der Waals surface area contributed by atoms with E-state index in [1.54, 1.807) is 6.92 Å². The van der Waals surface area contributed by atoms with Crippen LogP contribution in [-0.2, 0) is 17.6 Å². The van der Waals surface area contributed by atoms with Crippen molar-refractivity contribution in [2.24, 2.45) is 5.73 Å². The minimum absolute atomic E-state index is 0.0365. The number of likely N-dealkylation sites (N-methyl/N-ethyl adjacent to an activating group) is 1. The lowest BCUT2D eigenvalue weighted by Gasteiger charge is -2.33. The number of aryl methyl sites for hydroxylation is 1. The SMILES string of the molecule is C[C@H](N)C(=O)N(C)C1CCc2ccccc2C1. The molecule has 0 spiro atoms. The lowest BCUT2D eigenvalue weighted by atomic mass is 9.87. The van der Waals surface area contributed by atoms with Crippen molar-refractivity contribution in [3.63, 3.8) is 0 Å². The van der Waals surface area contributed by atoms with Crippen LogP contribution in [0, 0.1) is 0 Å². The van der Waals surface area contributed by atoms with Gasteiger partial charge in [-0.1, -0.05) is 24.3 Å². The van der Waals surface area contributed by atoms with Crippen LogP contribution in [0.4, 0.5) is 0 Å². The fourth-order valence-corrected chi connectivity index (χ4v) is 2.51. The molecule has 0 bridgehead atoms. The predicted octanol–water partition coefficient (Wildman–Crippen LogP) is 1.35. The Morgan fingerprint density at radius 1 is 1.41 bits per heavy atom. The van der Waals surface area contributed by atoms with Crippen molar-refractivity contribution in [2.75, 3.05) is 7.05 Å². The molecule has 0 heterocycles. The molecule has 0 radical (unpaired) electrons. The topological polar surface area (TPSA) is 46.3 Å². The van der Waals surface area contributed by atoms with E-state index in [1.165, 1.54) is 11.1 Å². The molecule has 0 saturated carbocycles. The zero-order chi connectivity index (χ0) is 12.4. The van der Waals surface area contributed by atoms with E-state index in [9.17, 15) is 4.79 Å². The standard InChI is InChI=1S/C14H20N2O/c1-10(15)14(17)16(2)13-8-7-11-5-3-4-6-12(11)9-13/h3-6,10,13H,7-9,15H2,1-2H3/t10-,13?/m0/s1. The number of hydrogen-bond acceptors (Lipinski definition) is 2. The van der Waals surface area contributed by atoms with Gasteiger partial charge in [0.15, 0.2) is 0 Å². The Bertz CT molecular complexity index is 414. The molecule has 0 fully saturated rings. The fourth-order valence-electron chi connectivity index (χ4n) is 2.51.